The zero-order chi connectivity index (χ0) is 11.8. The fourth-order valence-electron chi connectivity index (χ4n) is 2.52. The van der Waals surface area contributed by atoms with E-state index in [-0.39, 0.29) is 18.4 Å². The van der Waals surface area contributed by atoms with Gasteiger partial charge in [-0.1, -0.05) is 11.6 Å². The first kappa shape index (κ1) is 13.3. The van der Waals surface area contributed by atoms with Gasteiger partial charge < -0.3 is 5.32 Å². The first-order valence-corrected chi connectivity index (χ1v) is 6.04. The molecule has 3 rings (SSSR count). The van der Waals surface area contributed by atoms with Gasteiger partial charge >= 0.3 is 0 Å². The summed E-state index contributed by atoms with van der Waals surface area (Å²) in [5.74, 6) is 0. The summed E-state index contributed by atoms with van der Waals surface area (Å²) in [6.07, 6.45) is 1.77. The summed E-state index contributed by atoms with van der Waals surface area (Å²) in [5, 5.41) is 8.52. The fraction of sp³-hybridized carbons (Fsp3) is 0.462. The van der Waals surface area contributed by atoms with Crippen molar-refractivity contribution in [2.24, 2.45) is 0 Å². The zero-order valence-electron chi connectivity index (χ0n) is 10.3. The van der Waals surface area contributed by atoms with Crippen molar-refractivity contribution in [3.63, 3.8) is 0 Å². The van der Waals surface area contributed by atoms with Gasteiger partial charge in [-0.3, -0.25) is 4.68 Å². The van der Waals surface area contributed by atoms with Gasteiger partial charge in [-0.05, 0) is 32.0 Å². The lowest BCUT2D eigenvalue weighted by Crippen LogP contribution is -2.39. The van der Waals surface area contributed by atoms with Gasteiger partial charge in [-0.15, -0.1) is 12.4 Å². The van der Waals surface area contributed by atoms with E-state index < -0.39 is 6.17 Å². The minimum atomic E-state index is -0.854. The summed E-state index contributed by atoms with van der Waals surface area (Å²) < 4.78 is 15.7. The van der Waals surface area contributed by atoms with Crippen LogP contribution in [0, 0.1) is 6.92 Å². The number of nitrogens with one attached hydrogen (secondary N) is 1. The minimum absolute atomic E-state index is 0. The molecule has 1 fully saturated rings. The van der Waals surface area contributed by atoms with Crippen molar-refractivity contribution in [2.75, 3.05) is 13.1 Å². The molecule has 0 aliphatic carbocycles. The number of aryl methyl sites for hydroxylation is 1. The molecule has 18 heavy (non-hydrogen) atoms. The molecular weight excluding hydrogens is 253 g/mol. The van der Waals surface area contributed by atoms with Crippen molar-refractivity contribution in [1.82, 2.24) is 15.1 Å². The summed E-state index contributed by atoms with van der Waals surface area (Å²) >= 11 is 0. The third-order valence-corrected chi connectivity index (χ3v) is 3.44. The zero-order valence-corrected chi connectivity index (χ0v) is 11.1. The standard InChI is InChI=1S/C13H16FN3.ClH/c1-9-2-3-12-10(6-9)7-16-17(12)13-4-5-15-8-11(13)14;/h2-3,6-7,11,13,15H,4-5,8H2,1H3;1H. The van der Waals surface area contributed by atoms with Gasteiger partial charge in [0, 0.05) is 11.9 Å². The molecule has 2 unspecified atom stereocenters. The maximum absolute atomic E-state index is 13.9. The molecule has 0 amide bonds. The molecule has 2 heterocycles. The van der Waals surface area contributed by atoms with E-state index in [0.717, 1.165) is 23.9 Å². The quantitative estimate of drug-likeness (QED) is 0.863. The van der Waals surface area contributed by atoms with Gasteiger partial charge in [0.1, 0.15) is 6.17 Å². The maximum Gasteiger partial charge on any atom is 0.135 e. The van der Waals surface area contributed by atoms with Crippen LogP contribution in [0.15, 0.2) is 24.4 Å². The second-order valence-corrected chi connectivity index (χ2v) is 4.73. The van der Waals surface area contributed by atoms with Gasteiger partial charge in [0.05, 0.1) is 17.8 Å². The van der Waals surface area contributed by atoms with Crippen molar-refractivity contribution in [2.45, 2.75) is 25.6 Å². The number of piperidine rings is 1. The lowest BCUT2D eigenvalue weighted by molar-refractivity contribution is 0.177. The second-order valence-electron chi connectivity index (χ2n) is 4.73. The van der Waals surface area contributed by atoms with Crippen LogP contribution in [0.4, 0.5) is 4.39 Å². The molecular formula is C13H17ClFN3. The highest BCUT2D eigenvalue weighted by Gasteiger charge is 2.27. The summed E-state index contributed by atoms with van der Waals surface area (Å²) in [4.78, 5) is 0. The number of halogens is 2. The lowest BCUT2D eigenvalue weighted by Gasteiger charge is -2.27. The SMILES string of the molecule is Cc1ccc2c(cnn2C2CCNCC2F)c1.Cl. The largest absolute Gasteiger partial charge is 0.314 e. The predicted molar refractivity (Wildman–Crippen MR) is 73.1 cm³/mol. The van der Waals surface area contributed by atoms with Gasteiger partial charge in [-0.25, -0.2) is 4.39 Å². The monoisotopic (exact) mass is 269 g/mol. The van der Waals surface area contributed by atoms with Crippen LogP contribution in [0.5, 0.6) is 0 Å². The molecule has 2 aromatic rings. The Balaban J connectivity index is 0.00000120. The molecule has 5 heteroatoms. The fourth-order valence-corrected chi connectivity index (χ4v) is 2.52. The third kappa shape index (κ3) is 2.22. The van der Waals surface area contributed by atoms with E-state index in [0.29, 0.717) is 6.54 Å². The van der Waals surface area contributed by atoms with Crippen LogP contribution in [0.25, 0.3) is 10.9 Å². The van der Waals surface area contributed by atoms with E-state index in [1.54, 1.807) is 0 Å². The predicted octanol–water partition coefficient (Wildman–Crippen LogP) is 2.64. The number of benzene rings is 1. The van der Waals surface area contributed by atoms with E-state index in [2.05, 4.69) is 29.5 Å². The molecule has 0 saturated carbocycles. The molecule has 0 spiro atoms. The van der Waals surface area contributed by atoms with Crippen LogP contribution in [-0.2, 0) is 0 Å². The number of rotatable bonds is 1. The highest BCUT2D eigenvalue weighted by molar-refractivity contribution is 5.85. The van der Waals surface area contributed by atoms with Crippen LogP contribution in [0.3, 0.4) is 0 Å². The summed E-state index contributed by atoms with van der Waals surface area (Å²) in [7, 11) is 0. The highest BCUT2D eigenvalue weighted by Crippen LogP contribution is 2.26. The van der Waals surface area contributed by atoms with E-state index in [1.165, 1.54) is 5.56 Å². The van der Waals surface area contributed by atoms with Crippen molar-refractivity contribution in [3.8, 4) is 0 Å². The Labute approximate surface area is 112 Å². The molecule has 1 aromatic heterocycles. The average Bonchev–Trinajstić information content (AvgIpc) is 2.72. The summed E-state index contributed by atoms with van der Waals surface area (Å²) in [6, 6.07) is 6.05. The third-order valence-electron chi connectivity index (χ3n) is 3.44. The minimum Gasteiger partial charge on any atom is -0.314 e. The van der Waals surface area contributed by atoms with Gasteiger partial charge in [-0.2, -0.15) is 5.10 Å². The molecule has 0 bridgehead atoms. The maximum atomic E-state index is 13.9. The Bertz CT molecular complexity index is 540. The highest BCUT2D eigenvalue weighted by atomic mass is 35.5. The lowest BCUT2D eigenvalue weighted by atomic mass is 10.0. The summed E-state index contributed by atoms with van der Waals surface area (Å²) in [5.41, 5.74) is 2.24. The summed E-state index contributed by atoms with van der Waals surface area (Å²) in [6.45, 7) is 3.34. The number of hydrogen-bond donors (Lipinski definition) is 1. The average molecular weight is 270 g/mol. The van der Waals surface area contributed by atoms with E-state index >= 15 is 0 Å². The van der Waals surface area contributed by atoms with Crippen LogP contribution in [-0.4, -0.2) is 29.0 Å². The van der Waals surface area contributed by atoms with Gasteiger partial charge in [0.15, 0.2) is 0 Å². The first-order valence-electron chi connectivity index (χ1n) is 6.04. The Morgan fingerprint density at radius 3 is 3.06 bits per heavy atom. The molecule has 0 radical (unpaired) electrons. The van der Waals surface area contributed by atoms with E-state index in [1.807, 2.05) is 16.9 Å². The van der Waals surface area contributed by atoms with Gasteiger partial charge in [0.2, 0.25) is 0 Å². The van der Waals surface area contributed by atoms with Crippen molar-refractivity contribution in [1.29, 1.82) is 0 Å². The molecule has 2 atom stereocenters. The molecule has 98 valence electrons. The number of hydrogen-bond acceptors (Lipinski definition) is 2. The molecule has 1 aliphatic heterocycles. The molecule has 1 aromatic carbocycles. The number of nitrogens with zero attached hydrogens (tertiary/aromatic N) is 2. The van der Waals surface area contributed by atoms with Gasteiger partial charge in [0.25, 0.3) is 0 Å². The number of alkyl halides is 1. The molecule has 1 N–H and O–H groups in total. The first-order chi connectivity index (χ1) is 8.25. The normalized spacial score (nSPS) is 23.9. The molecule has 3 nitrogen and oxygen atoms in total. The smallest absolute Gasteiger partial charge is 0.135 e. The number of fused-ring (bicyclic) bond motifs is 1. The molecule has 1 saturated heterocycles. The van der Waals surface area contributed by atoms with Crippen LogP contribution >= 0.6 is 12.4 Å². The van der Waals surface area contributed by atoms with Crippen molar-refractivity contribution >= 4 is 23.3 Å². The molecule has 1 aliphatic rings. The Morgan fingerprint density at radius 1 is 1.44 bits per heavy atom. The van der Waals surface area contributed by atoms with Crippen molar-refractivity contribution < 1.29 is 4.39 Å². The van der Waals surface area contributed by atoms with Crippen LogP contribution < -0.4 is 5.32 Å². The van der Waals surface area contributed by atoms with E-state index in [4.69, 9.17) is 0 Å². The van der Waals surface area contributed by atoms with Crippen molar-refractivity contribution in [3.05, 3.63) is 30.0 Å². The number of aromatic nitrogens is 2. The Morgan fingerprint density at radius 2 is 2.28 bits per heavy atom. The van der Waals surface area contributed by atoms with E-state index in [9.17, 15) is 4.39 Å². The van der Waals surface area contributed by atoms with Crippen LogP contribution in [0.1, 0.15) is 18.0 Å². The Kier molecular flexibility index (Phi) is 3.88. The topological polar surface area (TPSA) is 29.9 Å². The Hall–Kier alpha value is -1.13. The van der Waals surface area contributed by atoms with Crippen LogP contribution in [0.2, 0.25) is 0 Å². The second kappa shape index (κ2) is 5.24.